The van der Waals surface area contributed by atoms with Crippen molar-refractivity contribution in [3.63, 3.8) is 0 Å². The van der Waals surface area contributed by atoms with Gasteiger partial charge >= 0.3 is 0 Å². The van der Waals surface area contributed by atoms with Crippen molar-refractivity contribution >= 4 is 11.4 Å². The summed E-state index contributed by atoms with van der Waals surface area (Å²) in [6.07, 6.45) is 5.96. The molecular formula is C24H27N3O4. The van der Waals surface area contributed by atoms with E-state index < -0.39 is 0 Å². The molecule has 1 saturated carbocycles. The fourth-order valence-corrected chi connectivity index (χ4v) is 4.95. The minimum absolute atomic E-state index is 0.0162. The molecule has 2 aliphatic heterocycles. The lowest BCUT2D eigenvalue weighted by molar-refractivity contribution is 0.0154. The smallest absolute Gasteiger partial charge is 0.258 e. The summed E-state index contributed by atoms with van der Waals surface area (Å²) in [6, 6.07) is 7.23. The SMILES string of the molecule is COc1ccccc1C(=O)Cc1cn2cc(C34COC(C)(C3)C4)nc2c(OC(C)C)n1. The number of nitrogens with zero attached hydrogens (tertiary/aromatic N) is 3. The monoisotopic (exact) mass is 421 g/mol. The lowest BCUT2D eigenvalue weighted by Crippen LogP contribution is -2.45. The lowest BCUT2D eigenvalue weighted by atomic mass is 9.62. The number of ketones is 1. The second kappa shape index (κ2) is 7.05. The molecule has 1 aliphatic carbocycles. The maximum absolute atomic E-state index is 13.0. The third-order valence-electron chi connectivity index (χ3n) is 6.22. The minimum atomic E-state index is -0.0587. The molecule has 3 aliphatic rings. The Hall–Kier alpha value is -2.93. The summed E-state index contributed by atoms with van der Waals surface area (Å²) in [7, 11) is 1.57. The van der Waals surface area contributed by atoms with Crippen molar-refractivity contribution < 1.29 is 19.0 Å². The molecule has 31 heavy (non-hydrogen) atoms. The molecule has 0 atom stereocenters. The third-order valence-corrected chi connectivity index (χ3v) is 6.22. The molecule has 6 rings (SSSR count). The molecule has 3 fully saturated rings. The van der Waals surface area contributed by atoms with E-state index in [2.05, 4.69) is 11.9 Å². The largest absolute Gasteiger partial charge is 0.496 e. The number of Topliss-reactive ketones (excluding diaryl/α,β-unsaturated/α-hetero) is 1. The van der Waals surface area contributed by atoms with Crippen LogP contribution in [0.2, 0.25) is 0 Å². The minimum Gasteiger partial charge on any atom is -0.496 e. The maximum Gasteiger partial charge on any atom is 0.258 e. The van der Waals surface area contributed by atoms with Crippen LogP contribution in [0.5, 0.6) is 11.6 Å². The van der Waals surface area contributed by atoms with Crippen molar-refractivity contribution in [2.45, 2.75) is 57.2 Å². The van der Waals surface area contributed by atoms with E-state index in [1.807, 2.05) is 42.8 Å². The first kappa shape index (κ1) is 20.0. The number of carbonyl (C=O) groups is 1. The van der Waals surface area contributed by atoms with Crippen LogP contribution in [0.3, 0.4) is 0 Å². The zero-order valence-corrected chi connectivity index (χ0v) is 18.3. The van der Waals surface area contributed by atoms with Crippen LogP contribution < -0.4 is 9.47 Å². The standard InChI is InChI=1S/C24H27N3O4/c1-15(2)31-22-21-26-20(24-12-23(3,13-24)30-14-24)11-27(21)10-16(25-22)9-18(28)17-7-5-6-8-19(17)29-4/h5-8,10-11,15H,9,12-14H2,1-4H3. The fraction of sp³-hybridized carbons (Fsp3) is 0.458. The van der Waals surface area contributed by atoms with E-state index in [9.17, 15) is 4.79 Å². The number of rotatable bonds is 7. The van der Waals surface area contributed by atoms with E-state index in [0.717, 1.165) is 18.5 Å². The number of imidazole rings is 1. The summed E-state index contributed by atoms with van der Waals surface area (Å²) < 4.78 is 19.2. The lowest BCUT2D eigenvalue weighted by Gasteiger charge is -2.41. The zero-order valence-electron chi connectivity index (χ0n) is 18.3. The topological polar surface area (TPSA) is 75.0 Å². The van der Waals surface area contributed by atoms with Crippen LogP contribution in [-0.4, -0.2) is 45.6 Å². The Morgan fingerprint density at radius 2 is 2.00 bits per heavy atom. The van der Waals surface area contributed by atoms with Gasteiger partial charge in [-0.3, -0.25) is 4.79 Å². The molecule has 7 heteroatoms. The number of ether oxygens (including phenoxy) is 3. The molecule has 2 aromatic heterocycles. The Kier molecular flexibility index (Phi) is 4.55. The van der Waals surface area contributed by atoms with Crippen molar-refractivity contribution in [2.75, 3.05) is 13.7 Å². The van der Waals surface area contributed by atoms with Gasteiger partial charge in [-0.15, -0.1) is 0 Å². The Morgan fingerprint density at radius 1 is 1.23 bits per heavy atom. The number of hydrogen-bond donors (Lipinski definition) is 0. The normalized spacial score (nSPS) is 24.4. The second-order valence-corrected chi connectivity index (χ2v) is 9.23. The van der Waals surface area contributed by atoms with Crippen LogP contribution in [0, 0.1) is 0 Å². The molecule has 162 valence electrons. The molecule has 0 spiro atoms. The molecule has 0 N–H and O–H groups in total. The quantitative estimate of drug-likeness (QED) is 0.541. The molecule has 0 radical (unpaired) electrons. The molecular weight excluding hydrogens is 394 g/mol. The predicted octanol–water partition coefficient (Wildman–Crippen LogP) is 3.77. The average Bonchev–Trinajstić information content (AvgIpc) is 3.38. The van der Waals surface area contributed by atoms with Gasteiger partial charge in [0.05, 0.1) is 48.8 Å². The number of carbonyl (C=O) groups excluding carboxylic acids is 1. The summed E-state index contributed by atoms with van der Waals surface area (Å²) >= 11 is 0. The molecule has 0 unspecified atom stereocenters. The van der Waals surface area contributed by atoms with E-state index >= 15 is 0 Å². The number of aromatic nitrogens is 3. The first-order chi connectivity index (χ1) is 14.8. The summed E-state index contributed by atoms with van der Waals surface area (Å²) in [4.78, 5) is 22.5. The van der Waals surface area contributed by atoms with Gasteiger partial charge in [-0.2, -0.15) is 0 Å². The highest BCUT2D eigenvalue weighted by Crippen LogP contribution is 2.58. The third kappa shape index (κ3) is 3.37. The molecule has 2 bridgehead atoms. The van der Waals surface area contributed by atoms with E-state index in [0.29, 0.717) is 35.1 Å². The average molecular weight is 421 g/mol. The van der Waals surface area contributed by atoms with Gasteiger partial charge in [-0.25, -0.2) is 9.97 Å². The summed E-state index contributed by atoms with van der Waals surface area (Å²) in [5.74, 6) is 0.951. The van der Waals surface area contributed by atoms with Gasteiger partial charge in [0.1, 0.15) is 5.75 Å². The van der Waals surface area contributed by atoms with Crippen molar-refractivity contribution in [1.82, 2.24) is 14.4 Å². The van der Waals surface area contributed by atoms with Crippen LogP contribution in [0.4, 0.5) is 0 Å². The Balaban J connectivity index is 1.51. The van der Waals surface area contributed by atoms with Crippen molar-refractivity contribution in [1.29, 1.82) is 0 Å². The van der Waals surface area contributed by atoms with Gasteiger partial charge in [0, 0.05) is 17.8 Å². The Bertz CT molecular complexity index is 1160. The summed E-state index contributed by atoms with van der Waals surface area (Å²) in [5.41, 5.74) is 2.81. The molecule has 7 nitrogen and oxygen atoms in total. The van der Waals surface area contributed by atoms with Crippen LogP contribution in [0.25, 0.3) is 5.65 Å². The maximum atomic E-state index is 13.0. The number of hydrogen-bond acceptors (Lipinski definition) is 6. The second-order valence-electron chi connectivity index (χ2n) is 9.23. The van der Waals surface area contributed by atoms with Crippen molar-refractivity contribution in [3.05, 3.63) is 53.6 Å². The Labute approximate surface area is 181 Å². The van der Waals surface area contributed by atoms with Gasteiger partial charge < -0.3 is 18.6 Å². The highest BCUT2D eigenvalue weighted by atomic mass is 16.5. The Morgan fingerprint density at radius 3 is 2.68 bits per heavy atom. The van der Waals surface area contributed by atoms with Gasteiger partial charge in [0.2, 0.25) is 5.65 Å². The first-order valence-corrected chi connectivity index (χ1v) is 10.7. The van der Waals surface area contributed by atoms with E-state index in [1.54, 1.807) is 19.2 Å². The highest BCUT2D eigenvalue weighted by molar-refractivity contribution is 5.99. The molecule has 0 amide bonds. The van der Waals surface area contributed by atoms with Gasteiger partial charge in [0.25, 0.3) is 5.88 Å². The van der Waals surface area contributed by atoms with Crippen LogP contribution >= 0.6 is 0 Å². The van der Waals surface area contributed by atoms with E-state index in [4.69, 9.17) is 19.2 Å². The molecule has 1 aromatic carbocycles. The van der Waals surface area contributed by atoms with Crippen LogP contribution in [-0.2, 0) is 16.6 Å². The zero-order chi connectivity index (χ0) is 21.8. The summed E-state index contributed by atoms with van der Waals surface area (Å²) in [6.45, 7) is 6.76. The van der Waals surface area contributed by atoms with Gasteiger partial charge in [-0.05, 0) is 45.7 Å². The number of methoxy groups -OCH3 is 1. The van der Waals surface area contributed by atoms with Crippen molar-refractivity contribution in [3.8, 4) is 11.6 Å². The van der Waals surface area contributed by atoms with Crippen LogP contribution in [0.1, 0.15) is 55.4 Å². The first-order valence-electron chi connectivity index (χ1n) is 10.7. The number of para-hydroxylation sites is 1. The van der Waals surface area contributed by atoms with Crippen LogP contribution in [0.15, 0.2) is 36.7 Å². The molecule has 2 saturated heterocycles. The fourth-order valence-electron chi connectivity index (χ4n) is 4.95. The summed E-state index contributed by atoms with van der Waals surface area (Å²) in [5, 5.41) is 0. The van der Waals surface area contributed by atoms with E-state index in [1.165, 1.54) is 0 Å². The number of fused-ring (bicyclic) bond motifs is 2. The van der Waals surface area contributed by atoms with Gasteiger partial charge in [0.15, 0.2) is 5.78 Å². The molecule has 4 heterocycles. The molecule has 3 aromatic rings. The predicted molar refractivity (Wildman–Crippen MR) is 115 cm³/mol. The van der Waals surface area contributed by atoms with Crippen molar-refractivity contribution in [2.24, 2.45) is 0 Å². The van der Waals surface area contributed by atoms with Gasteiger partial charge in [-0.1, -0.05) is 12.1 Å². The highest BCUT2D eigenvalue weighted by Gasteiger charge is 2.61. The van der Waals surface area contributed by atoms with E-state index in [-0.39, 0.29) is 29.3 Å². The number of benzene rings is 1.